The second-order valence-corrected chi connectivity index (χ2v) is 5.78. The number of rotatable bonds is 3. The van der Waals surface area contributed by atoms with Crippen LogP contribution in [0.4, 0.5) is 5.69 Å². The molecule has 1 heterocycles. The monoisotopic (exact) mass is 267 g/mol. The molecule has 0 saturated carbocycles. The molecule has 0 radical (unpaired) electrons. The van der Waals surface area contributed by atoms with E-state index in [1.807, 2.05) is 12.1 Å². The first-order valence-electron chi connectivity index (χ1n) is 6.46. The quantitative estimate of drug-likeness (QED) is 0.905. The van der Waals surface area contributed by atoms with Gasteiger partial charge in [-0.15, -0.1) is 0 Å². The van der Waals surface area contributed by atoms with Gasteiger partial charge in [-0.3, -0.25) is 0 Å². The van der Waals surface area contributed by atoms with Crippen molar-refractivity contribution in [3.8, 4) is 0 Å². The number of piperazine rings is 1. The lowest BCUT2D eigenvalue weighted by atomic mass is 10.1. The number of nitrogens with one attached hydrogen (secondary N) is 1. The molecule has 3 nitrogen and oxygen atoms in total. The number of hydrogen-bond donors (Lipinski definition) is 1. The summed E-state index contributed by atoms with van der Waals surface area (Å²) in [6.07, 6.45) is 0. The van der Waals surface area contributed by atoms with Gasteiger partial charge in [0.05, 0.1) is 0 Å². The molecule has 1 aromatic rings. The molecule has 0 aliphatic carbocycles. The Balaban J connectivity index is 2.07. The number of benzene rings is 1. The molecule has 4 heteroatoms. The van der Waals surface area contributed by atoms with Crippen LogP contribution in [0.2, 0.25) is 5.02 Å². The summed E-state index contributed by atoms with van der Waals surface area (Å²) in [6.45, 7) is 5.40. The van der Waals surface area contributed by atoms with Gasteiger partial charge in [-0.2, -0.15) is 0 Å². The first-order chi connectivity index (χ1) is 8.56. The molecule has 1 N–H and O–H groups in total. The van der Waals surface area contributed by atoms with E-state index in [2.05, 4.69) is 48.3 Å². The lowest BCUT2D eigenvalue weighted by molar-refractivity contribution is 0.307. The molecule has 0 spiro atoms. The summed E-state index contributed by atoms with van der Waals surface area (Å²) in [5.74, 6) is 0. The Bertz CT molecular complexity index is 377. The Morgan fingerprint density at radius 1 is 1.33 bits per heavy atom. The van der Waals surface area contributed by atoms with E-state index < -0.39 is 0 Å². The number of hydrogen-bond acceptors (Lipinski definition) is 3. The summed E-state index contributed by atoms with van der Waals surface area (Å²) in [6, 6.07) is 9.18. The SMILES string of the molecule is CC1CNC(CN(C)C)CN1c1ccc(Cl)cc1. The second-order valence-electron chi connectivity index (χ2n) is 5.35. The van der Waals surface area contributed by atoms with Crippen molar-refractivity contribution in [2.45, 2.75) is 19.0 Å². The predicted octanol–water partition coefficient (Wildman–Crippen LogP) is 2.07. The van der Waals surface area contributed by atoms with Crippen molar-refractivity contribution in [3.05, 3.63) is 29.3 Å². The van der Waals surface area contributed by atoms with Crippen LogP contribution in [0.1, 0.15) is 6.92 Å². The molecule has 1 fully saturated rings. The van der Waals surface area contributed by atoms with E-state index in [9.17, 15) is 0 Å². The van der Waals surface area contributed by atoms with E-state index in [-0.39, 0.29) is 0 Å². The van der Waals surface area contributed by atoms with Crippen LogP contribution >= 0.6 is 11.6 Å². The molecular formula is C14H22ClN3. The third-order valence-electron chi connectivity index (χ3n) is 3.39. The van der Waals surface area contributed by atoms with Crippen molar-refractivity contribution in [1.82, 2.24) is 10.2 Å². The van der Waals surface area contributed by atoms with Crippen LogP contribution in [0.5, 0.6) is 0 Å². The number of anilines is 1. The van der Waals surface area contributed by atoms with Crippen molar-refractivity contribution in [3.63, 3.8) is 0 Å². The third-order valence-corrected chi connectivity index (χ3v) is 3.65. The highest BCUT2D eigenvalue weighted by Gasteiger charge is 2.25. The zero-order chi connectivity index (χ0) is 13.1. The summed E-state index contributed by atoms with van der Waals surface area (Å²) in [4.78, 5) is 4.69. The topological polar surface area (TPSA) is 18.5 Å². The standard InChI is InChI=1S/C14H22ClN3/c1-11-8-16-13(9-17(2)3)10-18(11)14-6-4-12(15)5-7-14/h4-7,11,13,16H,8-10H2,1-3H3. The lowest BCUT2D eigenvalue weighted by Crippen LogP contribution is -2.58. The fourth-order valence-electron chi connectivity index (χ4n) is 2.48. The minimum Gasteiger partial charge on any atom is -0.366 e. The van der Waals surface area contributed by atoms with Gasteiger partial charge in [0, 0.05) is 42.4 Å². The zero-order valence-electron chi connectivity index (χ0n) is 11.4. The van der Waals surface area contributed by atoms with E-state index in [1.54, 1.807) is 0 Å². The molecule has 2 unspecified atom stereocenters. The minimum absolute atomic E-state index is 0.518. The zero-order valence-corrected chi connectivity index (χ0v) is 12.1. The Morgan fingerprint density at radius 3 is 2.61 bits per heavy atom. The number of nitrogens with zero attached hydrogens (tertiary/aromatic N) is 2. The summed E-state index contributed by atoms with van der Waals surface area (Å²) in [5, 5.41) is 4.40. The molecule has 1 aliphatic rings. The molecule has 2 atom stereocenters. The normalized spacial score (nSPS) is 24.6. The average Bonchev–Trinajstić information content (AvgIpc) is 2.32. The Hall–Kier alpha value is -0.770. The van der Waals surface area contributed by atoms with Crippen molar-refractivity contribution < 1.29 is 0 Å². The van der Waals surface area contributed by atoms with Crippen LogP contribution < -0.4 is 10.2 Å². The molecule has 18 heavy (non-hydrogen) atoms. The van der Waals surface area contributed by atoms with Gasteiger partial charge in [0.1, 0.15) is 0 Å². The summed E-state index contributed by atoms with van der Waals surface area (Å²) in [5.41, 5.74) is 1.26. The van der Waals surface area contributed by atoms with Crippen LogP contribution in [0.15, 0.2) is 24.3 Å². The van der Waals surface area contributed by atoms with Crippen molar-refractivity contribution in [2.75, 3.05) is 38.6 Å². The Labute approximate surface area is 115 Å². The number of halogens is 1. The predicted molar refractivity (Wildman–Crippen MR) is 78.6 cm³/mol. The summed E-state index contributed by atoms with van der Waals surface area (Å²) >= 11 is 5.95. The minimum atomic E-state index is 0.518. The van der Waals surface area contributed by atoms with Gasteiger partial charge >= 0.3 is 0 Å². The molecule has 1 saturated heterocycles. The van der Waals surface area contributed by atoms with Crippen LogP contribution in [0, 0.1) is 0 Å². The van der Waals surface area contributed by atoms with Gasteiger partial charge < -0.3 is 15.1 Å². The fourth-order valence-corrected chi connectivity index (χ4v) is 2.61. The van der Waals surface area contributed by atoms with E-state index in [1.165, 1.54) is 5.69 Å². The van der Waals surface area contributed by atoms with E-state index >= 15 is 0 Å². The van der Waals surface area contributed by atoms with Gasteiger partial charge in [0.15, 0.2) is 0 Å². The maximum absolute atomic E-state index is 5.95. The first kappa shape index (κ1) is 13.7. The molecule has 100 valence electrons. The smallest absolute Gasteiger partial charge is 0.0407 e. The van der Waals surface area contributed by atoms with Crippen LogP contribution in [0.3, 0.4) is 0 Å². The maximum atomic E-state index is 5.95. The molecule has 0 bridgehead atoms. The van der Waals surface area contributed by atoms with Crippen molar-refractivity contribution >= 4 is 17.3 Å². The third kappa shape index (κ3) is 3.37. The van der Waals surface area contributed by atoms with E-state index in [0.717, 1.165) is 24.7 Å². The Kier molecular flexibility index (Phi) is 4.49. The van der Waals surface area contributed by atoms with Gasteiger partial charge in [-0.05, 0) is 45.3 Å². The molecule has 0 amide bonds. The van der Waals surface area contributed by atoms with Gasteiger partial charge in [-0.25, -0.2) is 0 Å². The summed E-state index contributed by atoms with van der Waals surface area (Å²) in [7, 11) is 4.23. The highest BCUT2D eigenvalue weighted by atomic mass is 35.5. The second kappa shape index (κ2) is 5.91. The largest absolute Gasteiger partial charge is 0.366 e. The molecule has 0 aromatic heterocycles. The molecular weight excluding hydrogens is 246 g/mol. The van der Waals surface area contributed by atoms with Gasteiger partial charge in [0.25, 0.3) is 0 Å². The van der Waals surface area contributed by atoms with Crippen LogP contribution in [-0.2, 0) is 0 Å². The van der Waals surface area contributed by atoms with Gasteiger partial charge in [0.2, 0.25) is 0 Å². The number of likely N-dealkylation sites (N-methyl/N-ethyl adjacent to an activating group) is 1. The Morgan fingerprint density at radius 2 is 2.00 bits per heavy atom. The molecule has 1 aromatic carbocycles. The lowest BCUT2D eigenvalue weighted by Gasteiger charge is -2.41. The van der Waals surface area contributed by atoms with Crippen LogP contribution in [0.25, 0.3) is 0 Å². The highest BCUT2D eigenvalue weighted by Crippen LogP contribution is 2.22. The van der Waals surface area contributed by atoms with E-state index in [4.69, 9.17) is 11.6 Å². The van der Waals surface area contributed by atoms with Crippen LogP contribution in [-0.4, -0.2) is 50.7 Å². The first-order valence-corrected chi connectivity index (χ1v) is 6.84. The van der Waals surface area contributed by atoms with Crippen molar-refractivity contribution in [2.24, 2.45) is 0 Å². The van der Waals surface area contributed by atoms with E-state index in [0.29, 0.717) is 12.1 Å². The highest BCUT2D eigenvalue weighted by molar-refractivity contribution is 6.30. The molecule has 1 aliphatic heterocycles. The fraction of sp³-hybridized carbons (Fsp3) is 0.571. The summed E-state index contributed by atoms with van der Waals surface area (Å²) < 4.78 is 0. The maximum Gasteiger partial charge on any atom is 0.0407 e. The average molecular weight is 268 g/mol. The van der Waals surface area contributed by atoms with Gasteiger partial charge in [-0.1, -0.05) is 11.6 Å². The van der Waals surface area contributed by atoms with Crippen molar-refractivity contribution in [1.29, 1.82) is 0 Å². The molecule has 2 rings (SSSR count).